The summed E-state index contributed by atoms with van der Waals surface area (Å²) in [5.41, 5.74) is 4.33. The third kappa shape index (κ3) is 4.31. The molecule has 1 aliphatic carbocycles. The molecule has 8 nitrogen and oxygen atoms in total. The second-order valence-electron chi connectivity index (χ2n) is 8.78. The van der Waals surface area contributed by atoms with Gasteiger partial charge >= 0.3 is 5.97 Å². The zero-order valence-electron chi connectivity index (χ0n) is 20.2. The van der Waals surface area contributed by atoms with Gasteiger partial charge in [0.2, 0.25) is 0 Å². The van der Waals surface area contributed by atoms with Gasteiger partial charge in [-0.2, -0.15) is 0 Å². The zero-order valence-corrected chi connectivity index (χ0v) is 21.7. The van der Waals surface area contributed by atoms with Crippen LogP contribution in [0.2, 0.25) is 10.0 Å². The van der Waals surface area contributed by atoms with Crippen molar-refractivity contribution in [2.45, 2.75) is 19.4 Å². The molecule has 0 aromatic heterocycles. The monoisotopic (exact) mass is 550 g/mol. The van der Waals surface area contributed by atoms with Gasteiger partial charge in [-0.15, -0.1) is 0 Å². The van der Waals surface area contributed by atoms with Gasteiger partial charge in [0, 0.05) is 40.4 Å². The van der Waals surface area contributed by atoms with Crippen LogP contribution in [0.15, 0.2) is 77.5 Å². The number of hydrogen-bond donors (Lipinski definition) is 1. The molecule has 38 heavy (non-hydrogen) atoms. The van der Waals surface area contributed by atoms with E-state index in [-0.39, 0.29) is 39.4 Å². The fourth-order valence-corrected chi connectivity index (χ4v) is 5.41. The molecule has 5 rings (SSSR count). The van der Waals surface area contributed by atoms with Gasteiger partial charge in [-0.25, -0.2) is 4.79 Å². The molecule has 2 aliphatic rings. The fourth-order valence-electron chi connectivity index (χ4n) is 4.80. The minimum atomic E-state index is -0.780. The molecule has 0 saturated carbocycles. The van der Waals surface area contributed by atoms with Crippen molar-refractivity contribution in [2.75, 3.05) is 7.11 Å². The highest BCUT2D eigenvalue weighted by atomic mass is 35.5. The molecule has 0 fully saturated rings. The van der Waals surface area contributed by atoms with Crippen molar-refractivity contribution in [3.8, 4) is 5.75 Å². The minimum absolute atomic E-state index is 0.0295. The highest BCUT2D eigenvalue weighted by molar-refractivity contribution is 6.37. The van der Waals surface area contributed by atoms with Crippen LogP contribution in [0.4, 0.5) is 5.69 Å². The lowest BCUT2D eigenvalue weighted by molar-refractivity contribution is -0.384. The first-order chi connectivity index (χ1) is 18.2. The Morgan fingerprint density at radius 3 is 2.29 bits per heavy atom. The summed E-state index contributed by atoms with van der Waals surface area (Å²) in [6, 6.07) is 16.4. The van der Waals surface area contributed by atoms with E-state index in [1.165, 1.54) is 19.2 Å². The van der Waals surface area contributed by atoms with E-state index in [0.717, 1.165) is 5.56 Å². The number of esters is 1. The number of Topliss-reactive ketones (excluding diaryl/α,β-unsaturated/α-hetero) is 1. The number of hydrogen-bond acceptors (Lipinski definition) is 7. The third-order valence-electron chi connectivity index (χ3n) is 6.54. The molecule has 0 radical (unpaired) electrons. The van der Waals surface area contributed by atoms with Gasteiger partial charge in [-0.1, -0.05) is 47.5 Å². The Labute approximate surface area is 227 Å². The average Bonchev–Trinajstić information content (AvgIpc) is 3.18. The number of dihydropyridines is 1. The number of rotatable bonds is 6. The normalized spacial score (nSPS) is 16.1. The third-order valence-corrected chi connectivity index (χ3v) is 7.10. The van der Waals surface area contributed by atoms with Crippen LogP contribution < -0.4 is 10.1 Å². The van der Waals surface area contributed by atoms with Crippen LogP contribution in [0.1, 0.15) is 39.9 Å². The topological polar surface area (TPSA) is 108 Å². The van der Waals surface area contributed by atoms with Crippen molar-refractivity contribution in [1.82, 2.24) is 5.32 Å². The van der Waals surface area contributed by atoms with E-state index in [9.17, 15) is 19.7 Å². The number of carbonyl (C=O) groups excluding carboxylic acids is 2. The number of non-ortho nitro benzene ring substituents is 1. The average molecular weight is 551 g/mol. The van der Waals surface area contributed by atoms with Crippen molar-refractivity contribution >= 4 is 46.3 Å². The van der Waals surface area contributed by atoms with Gasteiger partial charge in [0.15, 0.2) is 11.5 Å². The number of carbonyl (C=O) groups is 2. The van der Waals surface area contributed by atoms with Crippen LogP contribution in [0.25, 0.3) is 5.70 Å². The lowest BCUT2D eigenvalue weighted by Gasteiger charge is -2.29. The summed E-state index contributed by atoms with van der Waals surface area (Å²) in [5, 5.41) is 14.5. The molecule has 0 unspecified atom stereocenters. The van der Waals surface area contributed by atoms with Crippen LogP contribution in [-0.2, 0) is 16.1 Å². The van der Waals surface area contributed by atoms with Crippen LogP contribution in [0, 0.1) is 10.1 Å². The van der Waals surface area contributed by atoms with E-state index in [1.807, 2.05) is 12.1 Å². The van der Waals surface area contributed by atoms with Gasteiger partial charge in [-0.3, -0.25) is 14.9 Å². The van der Waals surface area contributed by atoms with E-state index in [2.05, 4.69) is 5.32 Å². The summed E-state index contributed by atoms with van der Waals surface area (Å²) < 4.78 is 10.9. The number of ketones is 1. The summed E-state index contributed by atoms with van der Waals surface area (Å²) in [7, 11) is 1.28. The van der Waals surface area contributed by atoms with Crippen LogP contribution in [0.5, 0.6) is 5.75 Å². The van der Waals surface area contributed by atoms with Gasteiger partial charge in [0.05, 0.1) is 33.3 Å². The van der Waals surface area contributed by atoms with Crippen molar-refractivity contribution in [1.29, 1.82) is 0 Å². The maximum Gasteiger partial charge on any atom is 0.336 e. The van der Waals surface area contributed by atoms with Crippen molar-refractivity contribution in [2.24, 2.45) is 0 Å². The van der Waals surface area contributed by atoms with E-state index in [0.29, 0.717) is 33.7 Å². The second-order valence-corrected chi connectivity index (χ2v) is 9.59. The molecule has 1 atom stereocenters. The van der Waals surface area contributed by atoms with E-state index < -0.39 is 16.8 Å². The second kappa shape index (κ2) is 9.96. The Bertz CT molecular complexity index is 1550. The number of nitro benzene ring substituents is 1. The fraction of sp³-hybridized carbons (Fsp3) is 0.143. The Kier molecular flexibility index (Phi) is 6.69. The van der Waals surface area contributed by atoms with Gasteiger partial charge in [0.25, 0.3) is 5.69 Å². The summed E-state index contributed by atoms with van der Waals surface area (Å²) in [5.74, 6) is -1.36. The quantitative estimate of drug-likeness (QED) is 0.220. The molecule has 1 aliphatic heterocycles. The van der Waals surface area contributed by atoms with E-state index in [4.69, 9.17) is 32.7 Å². The molecule has 192 valence electrons. The van der Waals surface area contributed by atoms with Gasteiger partial charge in [-0.05, 0) is 42.3 Å². The summed E-state index contributed by atoms with van der Waals surface area (Å²) in [6.07, 6.45) is 0. The number of nitrogens with one attached hydrogen (secondary N) is 1. The summed E-state index contributed by atoms with van der Waals surface area (Å²) in [6.45, 7) is 1.82. The van der Waals surface area contributed by atoms with Crippen LogP contribution in [0.3, 0.4) is 0 Å². The molecule has 0 saturated heterocycles. The Morgan fingerprint density at radius 2 is 1.68 bits per heavy atom. The number of methoxy groups -OCH3 is 1. The highest BCUT2D eigenvalue weighted by Crippen LogP contribution is 2.48. The molecule has 10 heteroatoms. The minimum Gasteiger partial charge on any atom is -0.486 e. The molecule has 1 heterocycles. The first kappa shape index (κ1) is 25.5. The molecule has 0 bridgehead atoms. The summed E-state index contributed by atoms with van der Waals surface area (Å²) in [4.78, 5) is 36.8. The first-order valence-electron chi connectivity index (χ1n) is 11.5. The predicted molar refractivity (Wildman–Crippen MR) is 142 cm³/mol. The van der Waals surface area contributed by atoms with Crippen molar-refractivity contribution in [3.63, 3.8) is 0 Å². The zero-order chi connectivity index (χ0) is 27.1. The van der Waals surface area contributed by atoms with Crippen molar-refractivity contribution < 1.29 is 24.0 Å². The highest BCUT2D eigenvalue weighted by Gasteiger charge is 2.43. The molecule has 3 aromatic rings. The smallest absolute Gasteiger partial charge is 0.336 e. The maximum atomic E-state index is 13.5. The van der Waals surface area contributed by atoms with Crippen LogP contribution >= 0.6 is 23.2 Å². The number of ether oxygens (including phenoxy) is 2. The maximum absolute atomic E-state index is 13.5. The number of allylic oxidation sites excluding steroid dienone is 2. The number of halogens is 2. The van der Waals surface area contributed by atoms with E-state index in [1.54, 1.807) is 43.3 Å². The lowest BCUT2D eigenvalue weighted by Crippen LogP contribution is -2.29. The molecular weight excluding hydrogens is 531 g/mol. The van der Waals surface area contributed by atoms with E-state index >= 15 is 0 Å². The Morgan fingerprint density at radius 1 is 1.05 bits per heavy atom. The first-order valence-corrected chi connectivity index (χ1v) is 12.3. The number of fused-ring (bicyclic) bond motifs is 2. The number of benzene rings is 3. The summed E-state index contributed by atoms with van der Waals surface area (Å²) >= 11 is 13.2. The number of nitro groups is 1. The largest absolute Gasteiger partial charge is 0.486 e. The SMILES string of the molecule is COC(=O)C1=C(C)NC2=C(C(=O)c3ccccc32)[C@@H]1c1cc(Cl)c(OCc2ccc([N+](=O)[O-])cc2)c(Cl)c1. The van der Waals surface area contributed by atoms with Crippen molar-refractivity contribution in [3.05, 3.63) is 120 Å². The number of nitrogens with zero attached hydrogens (tertiary/aromatic N) is 1. The van der Waals surface area contributed by atoms with Gasteiger partial charge in [0.1, 0.15) is 6.61 Å². The standard InChI is InChI=1S/C28H20Cl2N2O6/c1-14-22(28(34)37-2)23(24-25(31-14)18-5-3-4-6-19(18)26(24)33)16-11-20(29)27(21(30)12-16)38-13-15-7-9-17(10-8-15)32(35)36/h3-12,23,31H,13H2,1-2H3/t23-/m1/s1. The molecule has 3 aromatic carbocycles. The molecule has 0 amide bonds. The Hall–Kier alpha value is -4.14. The molecule has 1 N–H and O–H groups in total. The lowest BCUT2D eigenvalue weighted by atomic mass is 9.80. The van der Waals surface area contributed by atoms with Gasteiger partial charge < -0.3 is 14.8 Å². The molecular formula is C28H20Cl2N2O6. The Balaban J connectivity index is 1.53. The van der Waals surface area contributed by atoms with Crippen LogP contribution in [-0.4, -0.2) is 23.8 Å². The molecule has 0 spiro atoms. The predicted octanol–water partition coefficient (Wildman–Crippen LogP) is 6.22.